The van der Waals surface area contributed by atoms with Gasteiger partial charge in [-0.15, -0.1) is 0 Å². The van der Waals surface area contributed by atoms with Gasteiger partial charge in [-0.2, -0.15) is 0 Å². The lowest BCUT2D eigenvalue weighted by atomic mass is 9.95. The maximum atomic E-state index is 12.2. The first-order valence-corrected chi connectivity index (χ1v) is 7.58. The number of piperidine rings is 1. The summed E-state index contributed by atoms with van der Waals surface area (Å²) in [4.78, 5) is 17.0. The highest BCUT2D eigenvalue weighted by atomic mass is 16.2. The second-order valence-corrected chi connectivity index (χ2v) is 5.86. The van der Waals surface area contributed by atoms with Crippen molar-refractivity contribution in [3.8, 4) is 0 Å². The van der Waals surface area contributed by atoms with Crippen LogP contribution in [0.2, 0.25) is 0 Å². The Balaban J connectivity index is 2.01. The van der Waals surface area contributed by atoms with Crippen LogP contribution < -0.4 is 10.6 Å². The molecule has 0 radical (unpaired) electrons. The number of hydrogen-bond acceptors (Lipinski definition) is 4. The molecule has 3 unspecified atom stereocenters. The third-order valence-corrected chi connectivity index (χ3v) is 4.59. The zero-order valence-corrected chi connectivity index (χ0v) is 12.5. The zero-order chi connectivity index (χ0) is 13.8. The molecule has 2 rings (SSSR count). The van der Waals surface area contributed by atoms with Crippen molar-refractivity contribution in [2.24, 2.45) is 0 Å². The summed E-state index contributed by atoms with van der Waals surface area (Å²) in [6.07, 6.45) is 2.35. The second-order valence-electron chi connectivity index (χ2n) is 5.86. The van der Waals surface area contributed by atoms with Gasteiger partial charge in [0.2, 0.25) is 5.91 Å². The highest BCUT2D eigenvalue weighted by molar-refractivity contribution is 5.82. The van der Waals surface area contributed by atoms with Gasteiger partial charge in [-0.05, 0) is 40.3 Å². The lowest BCUT2D eigenvalue weighted by molar-refractivity contribution is -0.128. The van der Waals surface area contributed by atoms with Crippen molar-refractivity contribution < 1.29 is 4.79 Å². The van der Waals surface area contributed by atoms with Gasteiger partial charge in [-0.1, -0.05) is 0 Å². The van der Waals surface area contributed by atoms with E-state index in [0.717, 1.165) is 26.2 Å². The van der Waals surface area contributed by atoms with Gasteiger partial charge >= 0.3 is 0 Å². The van der Waals surface area contributed by atoms with Gasteiger partial charge < -0.3 is 15.5 Å². The number of amides is 1. The molecule has 0 aliphatic carbocycles. The average Bonchev–Trinajstić information content (AvgIpc) is 2.42. The first-order valence-electron chi connectivity index (χ1n) is 7.58. The molecule has 2 aliphatic rings. The van der Waals surface area contributed by atoms with E-state index in [0.29, 0.717) is 18.6 Å². The maximum absolute atomic E-state index is 12.2. The fraction of sp³-hybridized carbons (Fsp3) is 0.929. The molecule has 110 valence electrons. The number of likely N-dealkylation sites (tertiary alicyclic amines) is 1. The zero-order valence-electron chi connectivity index (χ0n) is 12.5. The van der Waals surface area contributed by atoms with Crippen LogP contribution in [-0.4, -0.2) is 73.6 Å². The predicted molar refractivity (Wildman–Crippen MR) is 77.2 cm³/mol. The number of rotatable bonds is 3. The molecule has 0 aromatic rings. The molecule has 2 saturated heterocycles. The fourth-order valence-electron chi connectivity index (χ4n) is 3.26. The van der Waals surface area contributed by atoms with Crippen LogP contribution in [0.4, 0.5) is 0 Å². The van der Waals surface area contributed by atoms with E-state index < -0.39 is 0 Å². The number of nitrogens with zero attached hydrogens (tertiary/aromatic N) is 2. The van der Waals surface area contributed by atoms with Crippen molar-refractivity contribution >= 4 is 5.91 Å². The molecule has 19 heavy (non-hydrogen) atoms. The van der Waals surface area contributed by atoms with Crippen LogP contribution in [-0.2, 0) is 4.79 Å². The van der Waals surface area contributed by atoms with Gasteiger partial charge in [0, 0.05) is 38.3 Å². The number of hydrogen-bond donors (Lipinski definition) is 2. The minimum Gasteiger partial charge on any atom is -0.355 e. The summed E-state index contributed by atoms with van der Waals surface area (Å²) in [6, 6.07) is 1.18. The molecular weight excluding hydrogens is 240 g/mol. The Bertz CT molecular complexity index is 310. The molecule has 2 heterocycles. The van der Waals surface area contributed by atoms with E-state index >= 15 is 0 Å². The van der Waals surface area contributed by atoms with E-state index in [1.807, 2.05) is 6.92 Å². The third kappa shape index (κ3) is 3.46. The number of carbonyl (C=O) groups is 1. The second kappa shape index (κ2) is 6.68. The Morgan fingerprint density at radius 2 is 2.21 bits per heavy atom. The summed E-state index contributed by atoms with van der Waals surface area (Å²) in [5.41, 5.74) is 0. The van der Waals surface area contributed by atoms with E-state index in [4.69, 9.17) is 0 Å². The predicted octanol–water partition coefficient (Wildman–Crippen LogP) is -0.121. The Morgan fingerprint density at radius 3 is 2.89 bits per heavy atom. The molecule has 5 nitrogen and oxygen atoms in total. The quantitative estimate of drug-likeness (QED) is 0.749. The molecule has 5 heteroatoms. The summed E-state index contributed by atoms with van der Waals surface area (Å²) < 4.78 is 0. The van der Waals surface area contributed by atoms with Crippen LogP contribution in [0.25, 0.3) is 0 Å². The average molecular weight is 268 g/mol. The van der Waals surface area contributed by atoms with Crippen molar-refractivity contribution in [3.05, 3.63) is 0 Å². The fourth-order valence-corrected chi connectivity index (χ4v) is 3.26. The Morgan fingerprint density at radius 1 is 1.42 bits per heavy atom. The molecule has 1 amide bonds. The molecule has 2 N–H and O–H groups in total. The number of carbonyl (C=O) groups excluding carboxylic acids is 1. The lowest BCUT2D eigenvalue weighted by Crippen LogP contribution is -2.62. The van der Waals surface area contributed by atoms with E-state index in [1.54, 1.807) is 0 Å². The normalized spacial score (nSPS) is 34.2. The van der Waals surface area contributed by atoms with Crippen LogP contribution in [0.1, 0.15) is 26.7 Å². The molecule has 0 spiro atoms. The van der Waals surface area contributed by atoms with Crippen LogP contribution in [0.5, 0.6) is 0 Å². The summed E-state index contributed by atoms with van der Waals surface area (Å²) in [7, 11) is 2.19. The minimum atomic E-state index is 0.00862. The van der Waals surface area contributed by atoms with Gasteiger partial charge in [0.1, 0.15) is 6.04 Å². The molecule has 0 aromatic heterocycles. The Kier molecular flexibility index (Phi) is 5.19. The van der Waals surface area contributed by atoms with E-state index in [1.165, 1.54) is 12.8 Å². The Hall–Kier alpha value is -0.650. The largest absolute Gasteiger partial charge is 0.355 e. The molecule has 3 atom stereocenters. The van der Waals surface area contributed by atoms with Crippen LogP contribution in [0.15, 0.2) is 0 Å². The summed E-state index contributed by atoms with van der Waals surface area (Å²) >= 11 is 0. The van der Waals surface area contributed by atoms with Gasteiger partial charge in [-0.25, -0.2) is 0 Å². The van der Waals surface area contributed by atoms with Crippen LogP contribution >= 0.6 is 0 Å². The van der Waals surface area contributed by atoms with Crippen molar-refractivity contribution in [3.63, 3.8) is 0 Å². The smallest absolute Gasteiger partial charge is 0.238 e. The van der Waals surface area contributed by atoms with Gasteiger partial charge in [0.25, 0.3) is 0 Å². The van der Waals surface area contributed by atoms with Gasteiger partial charge in [0.05, 0.1) is 0 Å². The van der Waals surface area contributed by atoms with Crippen molar-refractivity contribution in [1.82, 2.24) is 20.4 Å². The molecule has 0 bridgehead atoms. The monoisotopic (exact) mass is 268 g/mol. The topological polar surface area (TPSA) is 47.6 Å². The van der Waals surface area contributed by atoms with Gasteiger partial charge in [-0.3, -0.25) is 9.69 Å². The first-order chi connectivity index (χ1) is 9.13. The third-order valence-electron chi connectivity index (χ3n) is 4.59. The summed E-state index contributed by atoms with van der Waals surface area (Å²) in [6.45, 7) is 8.89. The number of nitrogens with one attached hydrogen (secondary N) is 2. The van der Waals surface area contributed by atoms with Crippen molar-refractivity contribution in [2.75, 3.05) is 39.8 Å². The highest BCUT2D eigenvalue weighted by Gasteiger charge is 2.35. The maximum Gasteiger partial charge on any atom is 0.238 e. The Labute approximate surface area is 116 Å². The molecule has 2 fully saturated rings. The summed E-state index contributed by atoms with van der Waals surface area (Å²) in [5, 5.41) is 6.32. The molecular formula is C14H28N4O. The minimum absolute atomic E-state index is 0.00862. The summed E-state index contributed by atoms with van der Waals surface area (Å²) in [5.74, 6) is 0.182. The first kappa shape index (κ1) is 14.8. The lowest BCUT2D eigenvalue weighted by Gasteiger charge is -2.45. The molecule has 0 saturated carbocycles. The molecule has 0 aromatic carbocycles. The SMILES string of the molecule is CCNC(=O)C1CNCCN1C1CCN(C)C(C)C1. The number of piperazine rings is 1. The van der Waals surface area contributed by atoms with E-state index in [2.05, 4.69) is 34.4 Å². The standard InChI is InChI=1S/C14H28N4O/c1-4-16-14(19)13-10-15-6-8-18(13)12-5-7-17(3)11(2)9-12/h11-13,15H,4-10H2,1-3H3,(H,16,19). The van der Waals surface area contributed by atoms with E-state index in [-0.39, 0.29) is 11.9 Å². The van der Waals surface area contributed by atoms with Gasteiger partial charge in [0.15, 0.2) is 0 Å². The van der Waals surface area contributed by atoms with Crippen molar-refractivity contribution in [1.29, 1.82) is 0 Å². The van der Waals surface area contributed by atoms with Crippen molar-refractivity contribution in [2.45, 2.75) is 44.8 Å². The van der Waals surface area contributed by atoms with Crippen LogP contribution in [0.3, 0.4) is 0 Å². The molecule has 2 aliphatic heterocycles. The number of likely N-dealkylation sites (N-methyl/N-ethyl adjacent to an activating group) is 1. The van der Waals surface area contributed by atoms with E-state index in [9.17, 15) is 4.79 Å². The van der Waals surface area contributed by atoms with Crippen LogP contribution in [0, 0.1) is 0 Å². The highest BCUT2D eigenvalue weighted by Crippen LogP contribution is 2.23.